The molecule has 0 N–H and O–H groups in total. The third kappa shape index (κ3) is 4.31. The molecule has 0 saturated carbocycles. The van der Waals surface area contributed by atoms with Gasteiger partial charge in [-0.2, -0.15) is 0 Å². The van der Waals surface area contributed by atoms with Gasteiger partial charge in [0.1, 0.15) is 5.69 Å². The van der Waals surface area contributed by atoms with Gasteiger partial charge in [0.05, 0.1) is 29.5 Å². The number of hydrogen-bond acceptors (Lipinski definition) is 5. The second-order valence-corrected chi connectivity index (χ2v) is 8.15. The quantitative estimate of drug-likeness (QED) is 0.288. The predicted octanol–water partition coefficient (Wildman–Crippen LogP) is 5.98. The van der Waals surface area contributed by atoms with Gasteiger partial charge in [-0.25, -0.2) is 4.68 Å². The van der Waals surface area contributed by atoms with E-state index in [1.54, 1.807) is 35.3 Å². The largest absolute Gasteiger partial charge is 0.343 e. The summed E-state index contributed by atoms with van der Waals surface area (Å²) in [5, 5.41) is 8.95. The second-order valence-electron chi connectivity index (χ2n) is 7.71. The van der Waals surface area contributed by atoms with Crippen LogP contribution in [0.3, 0.4) is 0 Å². The highest BCUT2D eigenvalue weighted by atomic mass is 35.5. The summed E-state index contributed by atoms with van der Waals surface area (Å²) < 4.78 is 1.75. The predicted molar refractivity (Wildman–Crippen MR) is 134 cm³/mol. The van der Waals surface area contributed by atoms with E-state index in [0.29, 0.717) is 16.3 Å². The van der Waals surface area contributed by atoms with Crippen molar-refractivity contribution in [3.63, 3.8) is 0 Å². The zero-order chi connectivity index (χ0) is 23.5. The molecular formula is C27H20ClN5O. The summed E-state index contributed by atoms with van der Waals surface area (Å²) in [6.45, 7) is 0. The Morgan fingerprint density at radius 1 is 0.824 bits per heavy atom. The number of aromatic nitrogens is 4. The van der Waals surface area contributed by atoms with Crippen molar-refractivity contribution < 1.29 is 4.79 Å². The number of ketones is 1. The van der Waals surface area contributed by atoms with Crippen LogP contribution >= 0.6 is 11.6 Å². The number of rotatable bonds is 6. The highest BCUT2D eigenvalue weighted by molar-refractivity contribution is 6.30. The van der Waals surface area contributed by atoms with Gasteiger partial charge in [0.2, 0.25) is 5.78 Å². The number of carbonyl (C=O) groups is 1. The van der Waals surface area contributed by atoms with Crippen molar-refractivity contribution in [2.24, 2.45) is 0 Å². The number of nitrogens with zero attached hydrogens (tertiary/aromatic N) is 5. The van der Waals surface area contributed by atoms with E-state index in [-0.39, 0.29) is 5.78 Å². The molecule has 0 unspecified atom stereocenters. The first-order valence-corrected chi connectivity index (χ1v) is 11.0. The molecule has 2 heterocycles. The molecular weight excluding hydrogens is 446 g/mol. The minimum absolute atomic E-state index is 0.144. The molecule has 2 aromatic heterocycles. The third-order valence-corrected chi connectivity index (χ3v) is 5.83. The summed E-state index contributed by atoms with van der Waals surface area (Å²) in [4.78, 5) is 19.4. The molecule has 0 aliphatic heterocycles. The lowest BCUT2D eigenvalue weighted by Gasteiger charge is -2.19. The average molecular weight is 466 g/mol. The van der Waals surface area contributed by atoms with Crippen LogP contribution in [0, 0.1) is 0 Å². The highest BCUT2D eigenvalue weighted by Crippen LogP contribution is 2.25. The monoisotopic (exact) mass is 465 g/mol. The Morgan fingerprint density at radius 3 is 2.21 bits per heavy atom. The van der Waals surface area contributed by atoms with Crippen LogP contribution in [0.15, 0.2) is 103 Å². The number of halogens is 1. The SMILES string of the molecule is CN(c1ccc(Cl)cc1)c1ccc(C(=O)c2ccc(-n3nncc3-c3ccccc3)cc2)nc1. The van der Waals surface area contributed by atoms with Crippen molar-refractivity contribution in [1.82, 2.24) is 20.0 Å². The van der Waals surface area contributed by atoms with Gasteiger partial charge in [-0.3, -0.25) is 9.78 Å². The van der Waals surface area contributed by atoms with Crippen LogP contribution in [-0.2, 0) is 0 Å². The molecule has 5 rings (SSSR count). The Kier molecular flexibility index (Phi) is 5.89. The molecule has 0 fully saturated rings. The molecule has 0 amide bonds. The fourth-order valence-electron chi connectivity index (χ4n) is 3.67. The summed E-state index contributed by atoms with van der Waals surface area (Å²) in [5.41, 5.74) is 5.49. The van der Waals surface area contributed by atoms with Gasteiger partial charge in [-0.15, -0.1) is 5.10 Å². The number of carbonyl (C=O) groups excluding carboxylic acids is 1. The Morgan fingerprint density at radius 2 is 1.53 bits per heavy atom. The Labute approximate surface area is 202 Å². The maximum atomic E-state index is 13.0. The van der Waals surface area contributed by atoms with Crippen LogP contribution in [0.2, 0.25) is 5.02 Å². The molecule has 0 spiro atoms. The van der Waals surface area contributed by atoms with Crippen molar-refractivity contribution in [2.45, 2.75) is 0 Å². The lowest BCUT2D eigenvalue weighted by molar-refractivity contribution is 0.103. The third-order valence-electron chi connectivity index (χ3n) is 5.57. The lowest BCUT2D eigenvalue weighted by atomic mass is 10.1. The van der Waals surface area contributed by atoms with E-state index >= 15 is 0 Å². The van der Waals surface area contributed by atoms with E-state index in [0.717, 1.165) is 28.3 Å². The second kappa shape index (κ2) is 9.29. The highest BCUT2D eigenvalue weighted by Gasteiger charge is 2.14. The van der Waals surface area contributed by atoms with Crippen LogP contribution in [0.1, 0.15) is 16.1 Å². The van der Waals surface area contributed by atoms with Crippen molar-refractivity contribution in [1.29, 1.82) is 0 Å². The van der Waals surface area contributed by atoms with E-state index in [2.05, 4.69) is 15.3 Å². The van der Waals surface area contributed by atoms with Crippen molar-refractivity contribution in [3.05, 3.63) is 120 Å². The lowest BCUT2D eigenvalue weighted by Crippen LogP contribution is -2.11. The Balaban J connectivity index is 1.34. The maximum Gasteiger partial charge on any atom is 0.211 e. The van der Waals surface area contributed by atoms with Gasteiger partial charge in [-0.1, -0.05) is 47.1 Å². The first kappa shape index (κ1) is 21.6. The smallest absolute Gasteiger partial charge is 0.211 e. The molecule has 3 aromatic carbocycles. The minimum Gasteiger partial charge on any atom is -0.343 e. The fourth-order valence-corrected chi connectivity index (χ4v) is 3.79. The zero-order valence-electron chi connectivity index (χ0n) is 18.3. The van der Waals surface area contributed by atoms with Gasteiger partial charge >= 0.3 is 0 Å². The number of hydrogen-bond donors (Lipinski definition) is 0. The van der Waals surface area contributed by atoms with Crippen LogP contribution in [0.25, 0.3) is 16.9 Å². The first-order chi connectivity index (χ1) is 16.6. The molecule has 166 valence electrons. The Bertz CT molecular complexity index is 1410. The standard InChI is InChI=1S/C27H20ClN5O/c1-32(22-13-9-21(28)10-14-22)24-15-16-25(29-17-24)27(34)20-7-11-23(12-8-20)33-26(18-30-31-33)19-5-3-2-4-6-19/h2-18H,1H3. The number of benzene rings is 3. The van der Waals surface area contributed by atoms with E-state index < -0.39 is 0 Å². The topological polar surface area (TPSA) is 63.9 Å². The molecule has 0 atom stereocenters. The average Bonchev–Trinajstić information content (AvgIpc) is 3.39. The normalized spacial score (nSPS) is 10.8. The molecule has 6 nitrogen and oxygen atoms in total. The van der Waals surface area contributed by atoms with Crippen LogP contribution in [-0.4, -0.2) is 32.8 Å². The molecule has 0 saturated heterocycles. The molecule has 0 aliphatic carbocycles. The van der Waals surface area contributed by atoms with Gasteiger partial charge in [0, 0.05) is 28.9 Å². The first-order valence-electron chi connectivity index (χ1n) is 10.7. The molecule has 0 bridgehead atoms. The summed E-state index contributed by atoms with van der Waals surface area (Å²) in [6, 6.07) is 28.4. The summed E-state index contributed by atoms with van der Waals surface area (Å²) in [5.74, 6) is -0.144. The van der Waals surface area contributed by atoms with E-state index in [4.69, 9.17) is 11.6 Å². The van der Waals surface area contributed by atoms with E-state index in [1.807, 2.05) is 84.7 Å². The van der Waals surface area contributed by atoms with Gasteiger partial charge < -0.3 is 4.90 Å². The van der Waals surface area contributed by atoms with Gasteiger partial charge in [-0.05, 0) is 60.7 Å². The van der Waals surface area contributed by atoms with Crippen LogP contribution in [0.5, 0.6) is 0 Å². The van der Waals surface area contributed by atoms with E-state index in [9.17, 15) is 4.79 Å². The summed E-state index contributed by atoms with van der Waals surface area (Å²) in [7, 11) is 1.94. The zero-order valence-corrected chi connectivity index (χ0v) is 19.1. The summed E-state index contributed by atoms with van der Waals surface area (Å²) >= 11 is 5.97. The van der Waals surface area contributed by atoms with Crippen molar-refractivity contribution in [2.75, 3.05) is 11.9 Å². The molecule has 34 heavy (non-hydrogen) atoms. The van der Waals surface area contributed by atoms with Crippen LogP contribution in [0.4, 0.5) is 11.4 Å². The molecule has 7 heteroatoms. The number of pyridine rings is 1. The van der Waals surface area contributed by atoms with Crippen molar-refractivity contribution in [3.8, 4) is 16.9 Å². The van der Waals surface area contributed by atoms with Gasteiger partial charge in [0.15, 0.2) is 0 Å². The maximum absolute atomic E-state index is 13.0. The Hall–Kier alpha value is -4.29. The molecule has 0 aliphatic rings. The van der Waals surface area contributed by atoms with Crippen LogP contribution < -0.4 is 4.90 Å². The summed E-state index contributed by atoms with van der Waals surface area (Å²) in [6.07, 6.45) is 3.42. The van der Waals surface area contributed by atoms with E-state index in [1.165, 1.54) is 0 Å². The fraction of sp³-hybridized carbons (Fsp3) is 0.0370. The minimum atomic E-state index is -0.144. The molecule has 0 radical (unpaired) electrons. The van der Waals surface area contributed by atoms with Crippen molar-refractivity contribution >= 4 is 28.8 Å². The van der Waals surface area contributed by atoms with Gasteiger partial charge in [0.25, 0.3) is 0 Å². The number of anilines is 2. The molecule has 5 aromatic rings.